The number of nitrogens with zero attached hydrogens (tertiary/aromatic N) is 2. The molecule has 2 amide bonds. The van der Waals surface area contributed by atoms with E-state index in [-0.39, 0.29) is 24.8 Å². The van der Waals surface area contributed by atoms with Crippen molar-refractivity contribution in [2.24, 2.45) is 0 Å². The van der Waals surface area contributed by atoms with Gasteiger partial charge in [0.2, 0.25) is 21.8 Å². The van der Waals surface area contributed by atoms with Gasteiger partial charge in [0.05, 0.1) is 11.9 Å². The van der Waals surface area contributed by atoms with Crippen molar-refractivity contribution in [2.75, 3.05) is 17.1 Å². The third-order valence-electron chi connectivity index (χ3n) is 5.62. The Balaban J connectivity index is 2.22. The lowest BCUT2D eigenvalue weighted by molar-refractivity contribution is -0.142. The van der Waals surface area contributed by atoms with E-state index in [9.17, 15) is 18.0 Å². The van der Waals surface area contributed by atoms with E-state index in [0.29, 0.717) is 25.1 Å². The lowest BCUT2D eigenvalue weighted by Crippen LogP contribution is -2.53. The van der Waals surface area contributed by atoms with Crippen LogP contribution in [0.4, 0.5) is 5.69 Å². The molecule has 0 heterocycles. The summed E-state index contributed by atoms with van der Waals surface area (Å²) in [4.78, 5) is 28.1. The normalized spacial score (nSPS) is 12.6. The molecule has 0 fully saturated rings. The first-order chi connectivity index (χ1) is 16.3. The highest BCUT2D eigenvalue weighted by atomic mass is 32.2. The number of sulfonamides is 1. The molecule has 0 saturated carbocycles. The van der Waals surface area contributed by atoms with Gasteiger partial charge in [0.25, 0.3) is 0 Å². The lowest BCUT2D eigenvalue weighted by atomic mass is 10.0. The highest BCUT2D eigenvalue weighted by Crippen LogP contribution is 2.23. The lowest BCUT2D eigenvalue weighted by Gasteiger charge is -2.33. The van der Waals surface area contributed by atoms with Crippen LogP contribution in [0.1, 0.15) is 58.1 Å². The Labute approximate surface area is 210 Å². The Morgan fingerprint density at radius 1 is 1.00 bits per heavy atom. The van der Waals surface area contributed by atoms with E-state index >= 15 is 0 Å². The van der Waals surface area contributed by atoms with Gasteiger partial charge in [-0.1, -0.05) is 55.5 Å². The molecule has 0 aliphatic heterocycles. The van der Waals surface area contributed by atoms with E-state index in [4.69, 9.17) is 0 Å². The van der Waals surface area contributed by atoms with Crippen molar-refractivity contribution < 1.29 is 18.0 Å². The monoisotopic (exact) mass is 501 g/mol. The summed E-state index contributed by atoms with van der Waals surface area (Å²) in [5.41, 5.74) is 1.97. The van der Waals surface area contributed by atoms with Gasteiger partial charge in [0, 0.05) is 25.0 Å². The van der Waals surface area contributed by atoms with E-state index in [1.165, 1.54) is 10.6 Å². The highest BCUT2D eigenvalue weighted by molar-refractivity contribution is 7.92. The van der Waals surface area contributed by atoms with Crippen LogP contribution in [0.25, 0.3) is 0 Å². The number of para-hydroxylation sites is 1. The summed E-state index contributed by atoms with van der Waals surface area (Å²) < 4.78 is 26.3. The second-order valence-electron chi connectivity index (χ2n) is 9.90. The molecule has 1 N–H and O–H groups in total. The first kappa shape index (κ1) is 28.4. The minimum Gasteiger partial charge on any atom is -0.350 e. The Hall–Kier alpha value is -2.87. The number of aryl methyl sites for hydroxylation is 1. The van der Waals surface area contributed by atoms with Gasteiger partial charge >= 0.3 is 0 Å². The van der Waals surface area contributed by atoms with Crippen LogP contribution in [0, 0.1) is 6.92 Å². The number of carbonyl (C=O) groups is 2. The maximum atomic E-state index is 13.4. The molecule has 2 aromatic rings. The standard InChI is InChI=1S/C27H39N3O4S/c1-7-23(26(32)28-27(3,4)5)29(20-22-15-9-8-10-16-22)25(31)18-13-19-30(35(6,33)34)24-17-12-11-14-21(24)2/h8-12,14-17,23H,7,13,18-20H2,1-6H3,(H,28,32). The Morgan fingerprint density at radius 3 is 2.14 bits per heavy atom. The van der Waals surface area contributed by atoms with Crippen molar-refractivity contribution in [1.29, 1.82) is 0 Å². The largest absolute Gasteiger partial charge is 0.350 e. The van der Waals surface area contributed by atoms with E-state index < -0.39 is 21.6 Å². The van der Waals surface area contributed by atoms with Gasteiger partial charge < -0.3 is 10.2 Å². The first-order valence-electron chi connectivity index (χ1n) is 12.0. The van der Waals surface area contributed by atoms with Gasteiger partial charge in [0.15, 0.2) is 0 Å². The number of benzene rings is 2. The van der Waals surface area contributed by atoms with Crippen LogP contribution in [-0.4, -0.2) is 49.5 Å². The summed E-state index contributed by atoms with van der Waals surface area (Å²) >= 11 is 0. The van der Waals surface area contributed by atoms with E-state index in [1.54, 1.807) is 17.0 Å². The molecule has 192 valence electrons. The molecule has 0 radical (unpaired) electrons. The molecule has 0 aliphatic rings. The van der Waals surface area contributed by atoms with Crippen LogP contribution < -0.4 is 9.62 Å². The molecule has 0 spiro atoms. The molecule has 2 aromatic carbocycles. The SMILES string of the molecule is CCC(C(=O)NC(C)(C)C)N(Cc1ccccc1)C(=O)CCCN(c1ccccc1C)S(C)(=O)=O. The number of rotatable bonds is 11. The number of amides is 2. The zero-order chi connectivity index (χ0) is 26.2. The average Bonchev–Trinajstić information content (AvgIpc) is 2.76. The third kappa shape index (κ3) is 8.69. The number of hydrogen-bond acceptors (Lipinski definition) is 4. The van der Waals surface area contributed by atoms with Crippen LogP contribution >= 0.6 is 0 Å². The van der Waals surface area contributed by atoms with Gasteiger partial charge in [-0.15, -0.1) is 0 Å². The molecular formula is C27H39N3O4S. The van der Waals surface area contributed by atoms with Crippen molar-refractivity contribution in [3.05, 3.63) is 65.7 Å². The van der Waals surface area contributed by atoms with Crippen molar-refractivity contribution in [3.8, 4) is 0 Å². The fourth-order valence-corrected chi connectivity index (χ4v) is 5.00. The maximum absolute atomic E-state index is 13.4. The summed E-state index contributed by atoms with van der Waals surface area (Å²) in [7, 11) is -3.52. The second-order valence-corrected chi connectivity index (χ2v) is 11.8. The Kier molecular flexibility index (Phi) is 9.89. The molecule has 0 saturated heterocycles. The fourth-order valence-electron chi connectivity index (χ4n) is 3.98. The summed E-state index contributed by atoms with van der Waals surface area (Å²) in [6, 6.07) is 16.2. The van der Waals surface area contributed by atoms with Gasteiger partial charge in [-0.3, -0.25) is 13.9 Å². The van der Waals surface area contributed by atoms with Gasteiger partial charge in [-0.2, -0.15) is 0 Å². The van der Waals surface area contributed by atoms with Gasteiger partial charge in [0.1, 0.15) is 6.04 Å². The number of hydrogen-bond donors (Lipinski definition) is 1. The minimum atomic E-state index is -3.52. The smallest absolute Gasteiger partial charge is 0.243 e. The van der Waals surface area contributed by atoms with Crippen LogP contribution in [0.15, 0.2) is 54.6 Å². The highest BCUT2D eigenvalue weighted by Gasteiger charge is 2.30. The number of anilines is 1. The predicted octanol–water partition coefficient (Wildman–Crippen LogP) is 4.26. The van der Waals surface area contributed by atoms with Crippen molar-refractivity contribution >= 4 is 27.5 Å². The summed E-state index contributed by atoms with van der Waals surface area (Å²) in [6.45, 7) is 9.97. The summed E-state index contributed by atoms with van der Waals surface area (Å²) in [5, 5.41) is 2.99. The second kappa shape index (κ2) is 12.2. The summed E-state index contributed by atoms with van der Waals surface area (Å²) in [5.74, 6) is -0.370. The third-order valence-corrected chi connectivity index (χ3v) is 6.80. The van der Waals surface area contributed by atoms with Crippen LogP contribution in [-0.2, 0) is 26.2 Å². The van der Waals surface area contributed by atoms with Crippen molar-refractivity contribution in [2.45, 2.75) is 72.0 Å². The molecule has 1 unspecified atom stereocenters. The molecule has 0 aliphatic carbocycles. The molecule has 0 aromatic heterocycles. The zero-order valence-electron chi connectivity index (χ0n) is 21.7. The molecule has 35 heavy (non-hydrogen) atoms. The van der Waals surface area contributed by atoms with Crippen molar-refractivity contribution in [1.82, 2.24) is 10.2 Å². The fraction of sp³-hybridized carbons (Fsp3) is 0.481. The average molecular weight is 502 g/mol. The summed E-state index contributed by atoms with van der Waals surface area (Å²) in [6.07, 6.45) is 2.11. The maximum Gasteiger partial charge on any atom is 0.243 e. The molecule has 8 heteroatoms. The first-order valence-corrected chi connectivity index (χ1v) is 13.9. The number of carbonyl (C=O) groups excluding carboxylic acids is 2. The Morgan fingerprint density at radius 2 is 1.60 bits per heavy atom. The quantitative estimate of drug-likeness (QED) is 0.498. The molecule has 0 bridgehead atoms. The van der Waals surface area contributed by atoms with E-state index in [2.05, 4.69) is 5.32 Å². The van der Waals surface area contributed by atoms with Crippen LogP contribution in [0.2, 0.25) is 0 Å². The minimum absolute atomic E-state index is 0.129. The Bertz CT molecular complexity index is 1090. The van der Waals surface area contributed by atoms with Crippen LogP contribution in [0.3, 0.4) is 0 Å². The number of nitrogens with one attached hydrogen (secondary N) is 1. The molecule has 1 atom stereocenters. The van der Waals surface area contributed by atoms with Crippen LogP contribution in [0.5, 0.6) is 0 Å². The topological polar surface area (TPSA) is 86.8 Å². The molecular weight excluding hydrogens is 462 g/mol. The predicted molar refractivity (Wildman–Crippen MR) is 142 cm³/mol. The van der Waals surface area contributed by atoms with E-state index in [0.717, 1.165) is 11.1 Å². The van der Waals surface area contributed by atoms with Crippen molar-refractivity contribution in [3.63, 3.8) is 0 Å². The molecule has 7 nitrogen and oxygen atoms in total. The van der Waals surface area contributed by atoms with Gasteiger partial charge in [-0.25, -0.2) is 8.42 Å². The van der Waals surface area contributed by atoms with E-state index in [1.807, 2.05) is 77.1 Å². The zero-order valence-corrected chi connectivity index (χ0v) is 22.6. The van der Waals surface area contributed by atoms with Gasteiger partial charge in [-0.05, 0) is 57.7 Å². The molecule has 2 rings (SSSR count).